The van der Waals surface area contributed by atoms with Crippen LogP contribution in [0.1, 0.15) is 34.6 Å². The summed E-state index contributed by atoms with van der Waals surface area (Å²) in [6, 6.07) is 5.73. The number of rotatable bonds is 5. The molecule has 0 saturated heterocycles. The number of furan rings is 1. The molecule has 2 rings (SSSR count). The molecule has 100 valence electrons. The van der Waals surface area contributed by atoms with E-state index in [1.54, 1.807) is 12.3 Å². The summed E-state index contributed by atoms with van der Waals surface area (Å²) in [5, 5.41) is 3.30. The molecule has 0 aliphatic heterocycles. The average molecular weight is 260 g/mol. The quantitative estimate of drug-likeness (QED) is 0.836. The minimum atomic E-state index is -0.393. The predicted octanol–water partition coefficient (Wildman–Crippen LogP) is 2.31. The molecule has 0 unspecified atom stereocenters. The van der Waals surface area contributed by atoms with Crippen LogP contribution in [0.25, 0.3) is 0 Å². The Morgan fingerprint density at radius 2 is 2.42 bits per heavy atom. The van der Waals surface area contributed by atoms with Crippen molar-refractivity contribution in [3.63, 3.8) is 0 Å². The van der Waals surface area contributed by atoms with Crippen molar-refractivity contribution in [3.8, 4) is 0 Å². The summed E-state index contributed by atoms with van der Waals surface area (Å²) in [5.41, 5.74) is 1.52. The summed E-state index contributed by atoms with van der Waals surface area (Å²) >= 11 is 0. The summed E-state index contributed by atoms with van der Waals surface area (Å²) in [6.45, 7) is 2.58. The van der Waals surface area contributed by atoms with Gasteiger partial charge in [0, 0.05) is 18.4 Å². The van der Waals surface area contributed by atoms with Crippen LogP contribution in [-0.2, 0) is 11.3 Å². The summed E-state index contributed by atoms with van der Waals surface area (Å²) < 4.78 is 9.91. The first kappa shape index (κ1) is 13.3. The lowest BCUT2D eigenvalue weighted by atomic mass is 10.1. The molecule has 0 bridgehead atoms. The monoisotopic (exact) mass is 260 g/mol. The largest absolute Gasteiger partial charge is 0.467 e. The number of esters is 1. The first-order valence-electron chi connectivity index (χ1n) is 5.99. The Labute approximate surface area is 111 Å². The van der Waals surface area contributed by atoms with E-state index in [1.807, 2.05) is 25.3 Å². The Balaban J connectivity index is 1.92. The van der Waals surface area contributed by atoms with Gasteiger partial charge in [-0.3, -0.25) is 4.98 Å². The molecule has 0 aliphatic carbocycles. The Bertz CT molecular complexity index is 537. The third-order valence-corrected chi connectivity index (χ3v) is 2.84. The highest BCUT2D eigenvalue weighted by molar-refractivity contribution is 5.88. The lowest BCUT2D eigenvalue weighted by Gasteiger charge is -2.12. The summed E-state index contributed by atoms with van der Waals surface area (Å²) in [6.07, 6.45) is 4.96. The third kappa shape index (κ3) is 3.42. The van der Waals surface area contributed by atoms with Crippen molar-refractivity contribution in [3.05, 3.63) is 53.7 Å². The average Bonchev–Trinajstić information content (AvgIpc) is 2.93. The van der Waals surface area contributed by atoms with Crippen molar-refractivity contribution < 1.29 is 13.9 Å². The van der Waals surface area contributed by atoms with E-state index in [-0.39, 0.29) is 6.04 Å². The van der Waals surface area contributed by atoms with E-state index in [0.29, 0.717) is 17.9 Å². The lowest BCUT2D eigenvalue weighted by molar-refractivity contribution is 0.0600. The molecule has 0 radical (unpaired) electrons. The van der Waals surface area contributed by atoms with Gasteiger partial charge in [-0.25, -0.2) is 4.79 Å². The van der Waals surface area contributed by atoms with Crippen LogP contribution in [0.15, 0.2) is 41.3 Å². The number of pyridine rings is 1. The van der Waals surface area contributed by atoms with Crippen LogP contribution < -0.4 is 5.32 Å². The Kier molecular flexibility index (Phi) is 4.30. The van der Waals surface area contributed by atoms with Gasteiger partial charge in [-0.1, -0.05) is 6.07 Å². The number of carbonyl (C=O) groups is 1. The molecule has 0 aliphatic rings. The Morgan fingerprint density at radius 1 is 1.58 bits per heavy atom. The summed E-state index contributed by atoms with van der Waals surface area (Å²) in [7, 11) is 1.34. The van der Waals surface area contributed by atoms with E-state index in [1.165, 1.54) is 13.4 Å². The van der Waals surface area contributed by atoms with Crippen molar-refractivity contribution in [1.82, 2.24) is 10.3 Å². The molecule has 1 N–H and O–H groups in total. The highest BCUT2D eigenvalue weighted by Gasteiger charge is 2.11. The molecule has 0 fully saturated rings. The topological polar surface area (TPSA) is 64.4 Å². The first-order valence-corrected chi connectivity index (χ1v) is 5.99. The van der Waals surface area contributed by atoms with Gasteiger partial charge in [-0.05, 0) is 24.6 Å². The number of nitrogens with zero attached hydrogens (tertiary/aromatic N) is 1. The second-order valence-electron chi connectivity index (χ2n) is 4.18. The molecule has 0 aromatic carbocycles. The molecule has 5 nitrogen and oxygen atoms in total. The number of methoxy groups -OCH3 is 1. The molecule has 19 heavy (non-hydrogen) atoms. The van der Waals surface area contributed by atoms with Crippen molar-refractivity contribution in [2.45, 2.75) is 19.5 Å². The van der Waals surface area contributed by atoms with Gasteiger partial charge < -0.3 is 14.5 Å². The van der Waals surface area contributed by atoms with Gasteiger partial charge in [0.15, 0.2) is 0 Å². The lowest BCUT2D eigenvalue weighted by Crippen LogP contribution is -2.17. The standard InChI is InChI=1S/C14H16N2O3/c1-10(11-4-3-5-15-7-11)16-8-13-6-12(9-19-13)14(17)18-2/h3-7,9-10,16H,8H2,1-2H3/t10-/m1/s1. The van der Waals surface area contributed by atoms with E-state index in [0.717, 1.165) is 5.56 Å². The van der Waals surface area contributed by atoms with Gasteiger partial charge >= 0.3 is 5.97 Å². The van der Waals surface area contributed by atoms with Crippen LogP contribution in [-0.4, -0.2) is 18.1 Å². The fourth-order valence-electron chi connectivity index (χ4n) is 1.70. The zero-order chi connectivity index (χ0) is 13.7. The highest BCUT2D eigenvalue weighted by Crippen LogP contribution is 2.13. The third-order valence-electron chi connectivity index (χ3n) is 2.84. The zero-order valence-corrected chi connectivity index (χ0v) is 10.9. The molecule has 5 heteroatoms. The maximum Gasteiger partial charge on any atom is 0.341 e. The number of carbonyl (C=O) groups excluding carboxylic acids is 1. The van der Waals surface area contributed by atoms with Crippen LogP contribution in [0.3, 0.4) is 0 Å². The number of hydrogen-bond donors (Lipinski definition) is 1. The fourth-order valence-corrected chi connectivity index (χ4v) is 1.70. The number of nitrogens with one attached hydrogen (secondary N) is 1. The van der Waals surface area contributed by atoms with Crippen molar-refractivity contribution in [2.75, 3.05) is 7.11 Å². The van der Waals surface area contributed by atoms with Gasteiger partial charge in [0.05, 0.1) is 19.2 Å². The molecular weight excluding hydrogens is 244 g/mol. The first-order chi connectivity index (χ1) is 9.20. The van der Waals surface area contributed by atoms with Gasteiger partial charge in [0.2, 0.25) is 0 Å². The molecule has 0 amide bonds. The minimum Gasteiger partial charge on any atom is -0.467 e. The normalized spacial score (nSPS) is 12.1. The SMILES string of the molecule is COC(=O)c1coc(CN[C@H](C)c2cccnc2)c1. The van der Waals surface area contributed by atoms with Gasteiger partial charge in [-0.15, -0.1) is 0 Å². The molecule has 1 atom stereocenters. The van der Waals surface area contributed by atoms with Crippen LogP contribution in [0, 0.1) is 0 Å². The molecule has 0 spiro atoms. The molecule has 2 aromatic heterocycles. The van der Waals surface area contributed by atoms with E-state index in [9.17, 15) is 4.79 Å². The summed E-state index contributed by atoms with van der Waals surface area (Å²) in [5.74, 6) is 0.298. The summed E-state index contributed by atoms with van der Waals surface area (Å²) in [4.78, 5) is 15.3. The second-order valence-corrected chi connectivity index (χ2v) is 4.18. The van der Waals surface area contributed by atoms with Crippen LogP contribution in [0.4, 0.5) is 0 Å². The van der Waals surface area contributed by atoms with Crippen molar-refractivity contribution in [2.24, 2.45) is 0 Å². The van der Waals surface area contributed by atoms with Crippen LogP contribution in [0.2, 0.25) is 0 Å². The van der Waals surface area contributed by atoms with Crippen molar-refractivity contribution >= 4 is 5.97 Å². The van der Waals surface area contributed by atoms with Gasteiger partial charge in [0.1, 0.15) is 12.0 Å². The van der Waals surface area contributed by atoms with E-state index >= 15 is 0 Å². The van der Waals surface area contributed by atoms with E-state index in [4.69, 9.17) is 4.42 Å². The molecule has 0 saturated carbocycles. The highest BCUT2D eigenvalue weighted by atomic mass is 16.5. The van der Waals surface area contributed by atoms with Crippen LogP contribution >= 0.6 is 0 Å². The predicted molar refractivity (Wildman–Crippen MR) is 69.5 cm³/mol. The fraction of sp³-hybridized carbons (Fsp3) is 0.286. The van der Waals surface area contributed by atoms with E-state index in [2.05, 4.69) is 15.0 Å². The van der Waals surface area contributed by atoms with Gasteiger partial charge in [-0.2, -0.15) is 0 Å². The number of ether oxygens (including phenoxy) is 1. The van der Waals surface area contributed by atoms with E-state index < -0.39 is 5.97 Å². The minimum absolute atomic E-state index is 0.153. The second kappa shape index (κ2) is 6.15. The molecule has 2 aromatic rings. The molecule has 2 heterocycles. The zero-order valence-electron chi connectivity index (χ0n) is 10.9. The maximum atomic E-state index is 11.3. The smallest absolute Gasteiger partial charge is 0.341 e. The number of aromatic nitrogens is 1. The van der Waals surface area contributed by atoms with Crippen molar-refractivity contribution in [1.29, 1.82) is 0 Å². The maximum absolute atomic E-state index is 11.3. The van der Waals surface area contributed by atoms with Gasteiger partial charge in [0.25, 0.3) is 0 Å². The Hall–Kier alpha value is -2.14. The number of hydrogen-bond acceptors (Lipinski definition) is 5. The molecular formula is C14H16N2O3. The Morgan fingerprint density at radius 3 is 3.11 bits per heavy atom. The van der Waals surface area contributed by atoms with Crippen LogP contribution in [0.5, 0.6) is 0 Å².